The molecule has 0 saturated carbocycles. The highest BCUT2D eigenvalue weighted by Crippen LogP contribution is 1.99. The Labute approximate surface area is 110 Å². The van der Waals surface area contributed by atoms with Gasteiger partial charge in [-0.2, -0.15) is 0 Å². The van der Waals surface area contributed by atoms with Crippen molar-refractivity contribution < 1.29 is 8.42 Å². The molecule has 0 saturated heterocycles. The lowest BCUT2D eigenvalue weighted by Crippen LogP contribution is -2.41. The molecular weight excluding hydrogens is 272 g/mol. The third-order valence-corrected chi connectivity index (χ3v) is 3.80. The molecule has 1 aromatic heterocycles. The maximum atomic E-state index is 11.9. The van der Waals surface area contributed by atoms with Gasteiger partial charge in [-0.3, -0.25) is 9.36 Å². The van der Waals surface area contributed by atoms with Crippen molar-refractivity contribution in [3.8, 4) is 0 Å². The van der Waals surface area contributed by atoms with Crippen LogP contribution in [0.2, 0.25) is 0 Å². The first-order valence-electron chi connectivity index (χ1n) is 5.42. The van der Waals surface area contributed by atoms with Crippen molar-refractivity contribution in [3.05, 3.63) is 39.2 Å². The van der Waals surface area contributed by atoms with Gasteiger partial charge in [0.1, 0.15) is 0 Å². The van der Waals surface area contributed by atoms with Gasteiger partial charge in [-0.25, -0.2) is 17.9 Å². The van der Waals surface area contributed by atoms with Crippen LogP contribution in [0.4, 0.5) is 0 Å². The second kappa shape index (κ2) is 5.95. The summed E-state index contributed by atoms with van der Waals surface area (Å²) in [5.74, 6) is 0. The Morgan fingerprint density at radius 1 is 1.32 bits per heavy atom. The third-order valence-electron chi connectivity index (χ3n) is 2.40. The average molecular weight is 288 g/mol. The Balaban J connectivity index is 3.20. The number of hydrogen-bond acceptors (Lipinski definition) is 5. The highest BCUT2D eigenvalue weighted by atomic mass is 32.2. The van der Waals surface area contributed by atoms with Gasteiger partial charge in [0, 0.05) is 33.4 Å². The molecule has 0 fully saturated rings. The molecule has 19 heavy (non-hydrogen) atoms. The molecule has 1 heterocycles. The average Bonchev–Trinajstić information content (AvgIpc) is 2.36. The number of sulfonamides is 1. The van der Waals surface area contributed by atoms with E-state index in [0.29, 0.717) is 6.54 Å². The number of nitrogens with two attached hydrogens (primary N) is 1. The lowest BCUT2D eigenvalue weighted by Gasteiger charge is -2.07. The molecule has 1 rings (SSSR count). The van der Waals surface area contributed by atoms with Gasteiger partial charge in [0.2, 0.25) is 10.0 Å². The molecule has 0 aliphatic carbocycles. The van der Waals surface area contributed by atoms with E-state index in [9.17, 15) is 18.0 Å². The monoisotopic (exact) mass is 288 g/mol. The normalized spacial score (nSPS) is 12.2. The van der Waals surface area contributed by atoms with Crippen molar-refractivity contribution >= 4 is 10.0 Å². The van der Waals surface area contributed by atoms with Crippen LogP contribution in [0.5, 0.6) is 0 Å². The van der Waals surface area contributed by atoms with Crippen LogP contribution in [0.15, 0.2) is 32.8 Å². The van der Waals surface area contributed by atoms with Crippen LogP contribution >= 0.6 is 0 Å². The SMILES string of the molecule is Cn1cc(S(=O)(=O)NC/C=C/CN)c(=O)n(C)c1=O. The van der Waals surface area contributed by atoms with Crippen molar-refractivity contribution in [2.45, 2.75) is 4.90 Å². The summed E-state index contributed by atoms with van der Waals surface area (Å²) in [5, 5.41) is 0. The molecule has 0 radical (unpaired) electrons. The van der Waals surface area contributed by atoms with Crippen LogP contribution in [0.3, 0.4) is 0 Å². The number of nitrogens with one attached hydrogen (secondary N) is 1. The predicted octanol–water partition coefficient (Wildman–Crippen LogP) is -2.12. The van der Waals surface area contributed by atoms with Crippen molar-refractivity contribution in [3.63, 3.8) is 0 Å². The van der Waals surface area contributed by atoms with E-state index < -0.39 is 26.2 Å². The summed E-state index contributed by atoms with van der Waals surface area (Å²) in [4.78, 5) is 22.7. The minimum Gasteiger partial charge on any atom is -0.327 e. The van der Waals surface area contributed by atoms with Gasteiger partial charge in [-0.15, -0.1) is 0 Å². The van der Waals surface area contributed by atoms with E-state index in [2.05, 4.69) is 4.72 Å². The Kier molecular flexibility index (Phi) is 4.81. The first-order chi connectivity index (χ1) is 8.81. The molecular formula is C10H16N4O4S. The zero-order valence-corrected chi connectivity index (χ0v) is 11.5. The highest BCUT2D eigenvalue weighted by Gasteiger charge is 2.20. The number of hydrogen-bond donors (Lipinski definition) is 2. The van der Waals surface area contributed by atoms with Crippen molar-refractivity contribution in [1.29, 1.82) is 0 Å². The standard InChI is InChI=1S/C10H16N4O4S/c1-13-7-8(9(15)14(2)10(13)16)19(17,18)12-6-4-3-5-11/h3-4,7,12H,5-6,11H2,1-2H3/b4-3+. The molecule has 0 unspecified atom stereocenters. The van der Waals surface area contributed by atoms with Gasteiger partial charge in [-0.05, 0) is 0 Å². The van der Waals surface area contributed by atoms with Crippen molar-refractivity contribution in [1.82, 2.24) is 13.9 Å². The first-order valence-corrected chi connectivity index (χ1v) is 6.91. The fraction of sp³-hybridized carbons (Fsp3) is 0.400. The van der Waals surface area contributed by atoms with E-state index in [4.69, 9.17) is 5.73 Å². The van der Waals surface area contributed by atoms with Crippen LogP contribution < -0.4 is 21.7 Å². The second-order valence-electron chi connectivity index (χ2n) is 3.81. The third kappa shape index (κ3) is 3.40. The molecule has 106 valence electrons. The zero-order chi connectivity index (χ0) is 14.6. The second-order valence-corrected chi connectivity index (χ2v) is 5.55. The van der Waals surface area contributed by atoms with Gasteiger partial charge in [0.15, 0.2) is 4.90 Å². The molecule has 0 aliphatic heterocycles. The lowest BCUT2D eigenvalue weighted by atomic mass is 10.5. The number of rotatable bonds is 5. The van der Waals surface area contributed by atoms with Crippen LogP contribution in [-0.4, -0.2) is 30.6 Å². The summed E-state index contributed by atoms with van der Waals surface area (Å²) >= 11 is 0. The molecule has 0 bridgehead atoms. The van der Waals surface area contributed by atoms with E-state index in [0.717, 1.165) is 15.3 Å². The summed E-state index contributed by atoms with van der Waals surface area (Å²) in [6.07, 6.45) is 4.12. The molecule has 8 nitrogen and oxygen atoms in total. The van der Waals surface area contributed by atoms with Gasteiger partial charge >= 0.3 is 5.69 Å². The topological polar surface area (TPSA) is 116 Å². The molecule has 0 spiro atoms. The number of aromatic nitrogens is 2. The lowest BCUT2D eigenvalue weighted by molar-refractivity contribution is 0.574. The molecule has 1 aromatic rings. The fourth-order valence-electron chi connectivity index (χ4n) is 1.37. The van der Waals surface area contributed by atoms with Crippen LogP contribution in [0.1, 0.15) is 0 Å². The van der Waals surface area contributed by atoms with Gasteiger partial charge in [0.25, 0.3) is 5.56 Å². The van der Waals surface area contributed by atoms with E-state index in [1.54, 1.807) is 6.08 Å². The van der Waals surface area contributed by atoms with Crippen LogP contribution in [0, 0.1) is 0 Å². The van der Waals surface area contributed by atoms with Crippen LogP contribution in [0.25, 0.3) is 0 Å². The molecule has 0 aliphatic rings. The van der Waals surface area contributed by atoms with Gasteiger partial charge in [-0.1, -0.05) is 12.2 Å². The van der Waals surface area contributed by atoms with E-state index >= 15 is 0 Å². The number of aryl methyl sites for hydroxylation is 1. The first kappa shape index (κ1) is 15.3. The zero-order valence-electron chi connectivity index (χ0n) is 10.7. The minimum atomic E-state index is -3.97. The van der Waals surface area contributed by atoms with Crippen molar-refractivity contribution in [2.75, 3.05) is 13.1 Å². The summed E-state index contributed by atoms with van der Waals surface area (Å²) in [5.41, 5.74) is 3.76. The van der Waals surface area contributed by atoms with Crippen LogP contribution in [-0.2, 0) is 24.1 Å². The summed E-state index contributed by atoms with van der Waals surface area (Å²) in [6, 6.07) is 0. The highest BCUT2D eigenvalue weighted by molar-refractivity contribution is 7.89. The quantitative estimate of drug-likeness (QED) is 0.601. The summed E-state index contributed by atoms with van der Waals surface area (Å²) in [6.45, 7) is 0.314. The molecule has 0 amide bonds. The largest absolute Gasteiger partial charge is 0.330 e. The van der Waals surface area contributed by atoms with Crippen molar-refractivity contribution in [2.24, 2.45) is 19.8 Å². The molecule has 3 N–H and O–H groups in total. The van der Waals surface area contributed by atoms with E-state index in [1.807, 2.05) is 0 Å². The fourth-order valence-corrected chi connectivity index (χ4v) is 2.51. The Hall–Kier alpha value is -1.71. The maximum Gasteiger partial charge on any atom is 0.330 e. The molecule has 0 atom stereocenters. The van der Waals surface area contributed by atoms with Gasteiger partial charge in [0.05, 0.1) is 0 Å². The number of nitrogens with zero attached hydrogens (tertiary/aromatic N) is 2. The summed E-state index contributed by atoms with van der Waals surface area (Å²) in [7, 11) is -1.38. The van der Waals surface area contributed by atoms with E-state index in [1.165, 1.54) is 20.2 Å². The predicted molar refractivity (Wildman–Crippen MR) is 70.3 cm³/mol. The maximum absolute atomic E-state index is 11.9. The molecule has 0 aromatic carbocycles. The minimum absolute atomic E-state index is 0.0194. The molecule has 9 heteroatoms. The van der Waals surface area contributed by atoms with Gasteiger partial charge < -0.3 is 10.3 Å². The van der Waals surface area contributed by atoms with E-state index in [-0.39, 0.29) is 6.54 Å². The Bertz CT molecular complexity index is 699. The smallest absolute Gasteiger partial charge is 0.327 e. The summed E-state index contributed by atoms with van der Waals surface area (Å²) < 4.78 is 27.9. The Morgan fingerprint density at radius 2 is 1.95 bits per heavy atom. The Morgan fingerprint density at radius 3 is 2.53 bits per heavy atom.